The largest absolute Gasteiger partial charge is 0.324 e. The minimum atomic E-state index is -0.262. The van der Waals surface area contributed by atoms with E-state index in [0.717, 1.165) is 22.6 Å². The maximum Gasteiger partial charge on any atom is 0.237 e. The van der Waals surface area contributed by atoms with Gasteiger partial charge in [0.25, 0.3) is 0 Å². The van der Waals surface area contributed by atoms with Gasteiger partial charge in [0.15, 0.2) is 11.0 Å². The van der Waals surface area contributed by atoms with Crippen LogP contribution in [0.25, 0.3) is 17.1 Å². The molecule has 0 saturated heterocycles. The lowest BCUT2D eigenvalue weighted by Crippen LogP contribution is -2.40. The van der Waals surface area contributed by atoms with E-state index in [1.54, 1.807) is 4.90 Å². The fourth-order valence-corrected chi connectivity index (χ4v) is 5.12. The molecule has 1 aliphatic rings. The van der Waals surface area contributed by atoms with Crippen molar-refractivity contribution in [3.05, 3.63) is 84.4 Å². The second-order valence-electron chi connectivity index (χ2n) is 8.52. The number of hydrogen-bond acceptors (Lipinski definition) is 5. The van der Waals surface area contributed by atoms with E-state index in [-0.39, 0.29) is 30.0 Å². The van der Waals surface area contributed by atoms with E-state index in [1.165, 1.54) is 11.8 Å². The summed E-state index contributed by atoms with van der Waals surface area (Å²) in [5, 5.41) is 12.5. The number of amides is 2. The van der Waals surface area contributed by atoms with Crippen molar-refractivity contribution >= 4 is 35.0 Å². The Morgan fingerprint density at radius 2 is 1.80 bits per heavy atom. The third kappa shape index (κ3) is 4.70. The highest BCUT2D eigenvalue weighted by Gasteiger charge is 2.30. The maximum absolute atomic E-state index is 13.5. The van der Waals surface area contributed by atoms with Crippen molar-refractivity contribution in [2.45, 2.75) is 31.5 Å². The van der Waals surface area contributed by atoms with Crippen molar-refractivity contribution in [2.24, 2.45) is 0 Å². The number of carbonyl (C=O) groups is 2. The number of para-hydroxylation sites is 3. The molecule has 176 valence electrons. The van der Waals surface area contributed by atoms with Crippen LogP contribution in [0.2, 0.25) is 0 Å². The predicted molar refractivity (Wildman–Crippen MR) is 139 cm³/mol. The molecule has 0 bridgehead atoms. The minimum absolute atomic E-state index is 0.0915. The Kier molecular flexibility index (Phi) is 6.37. The number of hydrogen-bond donors (Lipinski definition) is 1. The summed E-state index contributed by atoms with van der Waals surface area (Å²) >= 11 is 1.34. The van der Waals surface area contributed by atoms with Gasteiger partial charge in [-0.25, -0.2) is 0 Å². The van der Waals surface area contributed by atoms with Crippen molar-refractivity contribution in [3.8, 4) is 17.1 Å². The molecule has 4 aromatic rings. The molecule has 1 unspecified atom stereocenters. The number of carbonyl (C=O) groups excluding carboxylic acids is 2. The Balaban J connectivity index is 1.46. The van der Waals surface area contributed by atoms with Gasteiger partial charge in [0.1, 0.15) is 0 Å². The molecule has 0 aliphatic carbocycles. The Morgan fingerprint density at radius 3 is 2.60 bits per heavy atom. The molecule has 0 radical (unpaired) electrons. The van der Waals surface area contributed by atoms with Crippen LogP contribution in [-0.2, 0) is 9.59 Å². The van der Waals surface area contributed by atoms with Crippen LogP contribution in [0.4, 0.5) is 11.4 Å². The highest BCUT2D eigenvalue weighted by Crippen LogP contribution is 2.33. The number of aromatic nitrogens is 3. The summed E-state index contributed by atoms with van der Waals surface area (Å²) in [6, 6.07) is 25.2. The molecule has 7 nitrogen and oxygen atoms in total. The van der Waals surface area contributed by atoms with E-state index in [1.807, 2.05) is 91.2 Å². The standard InChI is InChI=1S/C27H25N5O2S/c1-18-9-8-10-20(15-18)26-29-30-27(32(26)21-11-4-3-5-12-21)35-17-25(34)31-19(2)16-24(33)28-22-13-6-7-14-23(22)31/h3-15,19H,16-17H2,1-2H3,(H,28,33). The molecule has 3 aromatic carbocycles. The molecule has 8 heteroatoms. The van der Waals surface area contributed by atoms with Gasteiger partial charge in [-0.2, -0.15) is 0 Å². The predicted octanol–water partition coefficient (Wildman–Crippen LogP) is 5.10. The average molecular weight is 484 g/mol. The van der Waals surface area contributed by atoms with Gasteiger partial charge < -0.3 is 10.2 Å². The first-order valence-corrected chi connectivity index (χ1v) is 12.4. The normalized spacial score (nSPS) is 15.3. The molecule has 1 aromatic heterocycles. The lowest BCUT2D eigenvalue weighted by Gasteiger charge is -2.27. The van der Waals surface area contributed by atoms with Gasteiger partial charge in [-0.3, -0.25) is 14.2 Å². The number of fused-ring (bicyclic) bond motifs is 1. The Labute approximate surface area is 208 Å². The number of thioether (sulfide) groups is 1. The molecule has 1 atom stereocenters. The third-order valence-corrected chi connectivity index (χ3v) is 6.79. The van der Waals surface area contributed by atoms with Gasteiger partial charge in [-0.1, -0.05) is 65.9 Å². The van der Waals surface area contributed by atoms with Gasteiger partial charge in [0.2, 0.25) is 11.8 Å². The molecule has 35 heavy (non-hydrogen) atoms. The van der Waals surface area contributed by atoms with Gasteiger partial charge >= 0.3 is 0 Å². The van der Waals surface area contributed by atoms with Crippen molar-refractivity contribution in [1.29, 1.82) is 0 Å². The highest BCUT2D eigenvalue weighted by molar-refractivity contribution is 7.99. The average Bonchev–Trinajstić information content (AvgIpc) is 3.23. The van der Waals surface area contributed by atoms with Crippen molar-refractivity contribution in [1.82, 2.24) is 14.8 Å². The molecule has 2 amide bonds. The molecule has 1 aliphatic heterocycles. The van der Waals surface area contributed by atoms with Crippen LogP contribution in [0.3, 0.4) is 0 Å². The van der Waals surface area contributed by atoms with Crippen LogP contribution < -0.4 is 10.2 Å². The lowest BCUT2D eigenvalue weighted by atomic mass is 10.1. The number of anilines is 2. The van der Waals surface area contributed by atoms with Crippen molar-refractivity contribution in [2.75, 3.05) is 16.0 Å². The smallest absolute Gasteiger partial charge is 0.237 e. The van der Waals surface area contributed by atoms with Crippen LogP contribution in [0, 0.1) is 6.92 Å². The summed E-state index contributed by atoms with van der Waals surface area (Å²) in [4.78, 5) is 27.5. The molecule has 0 fully saturated rings. The number of benzene rings is 3. The number of rotatable bonds is 5. The van der Waals surface area contributed by atoms with E-state index in [0.29, 0.717) is 16.5 Å². The lowest BCUT2D eigenvalue weighted by molar-refractivity contribution is -0.117. The summed E-state index contributed by atoms with van der Waals surface area (Å²) in [7, 11) is 0. The van der Waals surface area contributed by atoms with Crippen LogP contribution in [-0.4, -0.2) is 38.4 Å². The van der Waals surface area contributed by atoms with Crippen LogP contribution in [0.15, 0.2) is 84.0 Å². The second-order valence-corrected chi connectivity index (χ2v) is 9.46. The van der Waals surface area contributed by atoms with E-state index < -0.39 is 0 Å². The van der Waals surface area contributed by atoms with Crippen LogP contribution in [0.5, 0.6) is 0 Å². The summed E-state index contributed by atoms with van der Waals surface area (Å²) in [6.07, 6.45) is 0.239. The molecule has 2 heterocycles. The molecular formula is C27H25N5O2S. The monoisotopic (exact) mass is 483 g/mol. The first-order valence-electron chi connectivity index (χ1n) is 11.4. The first kappa shape index (κ1) is 22.9. The summed E-state index contributed by atoms with van der Waals surface area (Å²) in [5.74, 6) is 0.690. The second kappa shape index (κ2) is 9.76. The first-order chi connectivity index (χ1) is 17.0. The number of nitrogens with one attached hydrogen (secondary N) is 1. The molecular weight excluding hydrogens is 458 g/mol. The Morgan fingerprint density at radius 1 is 1.03 bits per heavy atom. The number of nitrogens with zero attached hydrogens (tertiary/aromatic N) is 4. The Bertz CT molecular complexity index is 1390. The molecule has 0 saturated carbocycles. The number of aryl methyl sites for hydroxylation is 1. The quantitative estimate of drug-likeness (QED) is 0.400. The topological polar surface area (TPSA) is 80.1 Å². The van der Waals surface area contributed by atoms with Gasteiger partial charge in [0, 0.05) is 23.7 Å². The zero-order valence-corrected chi connectivity index (χ0v) is 20.3. The molecule has 0 spiro atoms. The van der Waals surface area contributed by atoms with Crippen molar-refractivity contribution in [3.63, 3.8) is 0 Å². The maximum atomic E-state index is 13.5. The van der Waals surface area contributed by atoms with Gasteiger partial charge in [-0.05, 0) is 44.2 Å². The van der Waals surface area contributed by atoms with E-state index in [9.17, 15) is 9.59 Å². The zero-order chi connectivity index (χ0) is 24.4. The van der Waals surface area contributed by atoms with Crippen LogP contribution >= 0.6 is 11.8 Å². The zero-order valence-electron chi connectivity index (χ0n) is 19.5. The highest BCUT2D eigenvalue weighted by atomic mass is 32.2. The van der Waals surface area contributed by atoms with E-state index >= 15 is 0 Å². The van der Waals surface area contributed by atoms with Crippen molar-refractivity contribution < 1.29 is 9.59 Å². The summed E-state index contributed by atoms with van der Waals surface area (Å²) < 4.78 is 1.98. The van der Waals surface area contributed by atoms with Gasteiger partial charge in [-0.15, -0.1) is 10.2 Å². The molecule has 5 rings (SSSR count). The van der Waals surface area contributed by atoms with E-state index in [2.05, 4.69) is 21.6 Å². The van der Waals surface area contributed by atoms with E-state index in [4.69, 9.17) is 0 Å². The third-order valence-electron chi connectivity index (χ3n) is 5.88. The summed E-state index contributed by atoms with van der Waals surface area (Å²) in [6.45, 7) is 3.94. The summed E-state index contributed by atoms with van der Waals surface area (Å²) in [5.41, 5.74) is 4.37. The minimum Gasteiger partial charge on any atom is -0.324 e. The Hall–Kier alpha value is -3.91. The fraction of sp³-hybridized carbons (Fsp3) is 0.185. The fourth-order valence-electron chi connectivity index (χ4n) is 4.31. The van der Waals surface area contributed by atoms with Gasteiger partial charge in [0.05, 0.1) is 17.1 Å². The SMILES string of the molecule is Cc1cccc(-c2nnc(SCC(=O)N3c4ccccc4NC(=O)CC3C)n2-c2ccccc2)c1. The van der Waals surface area contributed by atoms with Crippen LogP contribution in [0.1, 0.15) is 18.9 Å². The molecule has 1 N–H and O–H groups in total.